The van der Waals surface area contributed by atoms with Gasteiger partial charge in [-0.3, -0.25) is 4.98 Å². The molecule has 1 aromatic carbocycles. The van der Waals surface area contributed by atoms with Crippen LogP contribution in [0.4, 0.5) is 0 Å². The molecule has 0 amide bonds. The molecule has 3 heteroatoms. The molecule has 0 saturated carbocycles. The van der Waals surface area contributed by atoms with Crippen molar-refractivity contribution in [2.75, 3.05) is 0 Å². The van der Waals surface area contributed by atoms with E-state index in [1.54, 1.807) is 0 Å². The zero-order chi connectivity index (χ0) is 12.3. The highest BCUT2D eigenvalue weighted by Gasteiger charge is 2.19. The quantitative estimate of drug-likeness (QED) is 0.729. The van der Waals surface area contributed by atoms with Crippen LogP contribution in [0.25, 0.3) is 0 Å². The van der Waals surface area contributed by atoms with Gasteiger partial charge in [-0.1, -0.05) is 52.7 Å². The molecule has 0 N–H and O–H groups in total. The fourth-order valence-corrected chi connectivity index (χ4v) is 2.89. The van der Waals surface area contributed by atoms with E-state index in [4.69, 9.17) is 11.6 Å². The molecule has 0 aliphatic heterocycles. The Morgan fingerprint density at radius 3 is 2.41 bits per heavy atom. The van der Waals surface area contributed by atoms with Gasteiger partial charge >= 0.3 is 0 Å². The van der Waals surface area contributed by atoms with Crippen molar-refractivity contribution >= 4 is 27.5 Å². The minimum atomic E-state index is 0.207. The first kappa shape index (κ1) is 12.6. The largest absolute Gasteiger partial charge is 0.265 e. The number of hydrogen-bond acceptors (Lipinski definition) is 1. The number of alkyl halides is 1. The van der Waals surface area contributed by atoms with Gasteiger partial charge in [0.1, 0.15) is 0 Å². The van der Waals surface area contributed by atoms with Crippen LogP contribution in [0.3, 0.4) is 0 Å². The minimum absolute atomic E-state index is 0.207. The van der Waals surface area contributed by atoms with E-state index in [2.05, 4.69) is 33.9 Å². The Labute approximate surface area is 115 Å². The molecule has 2 unspecified atom stereocenters. The average molecular weight is 311 g/mol. The van der Waals surface area contributed by atoms with Crippen LogP contribution in [0.5, 0.6) is 0 Å². The molecular formula is C14H13BrClN. The third kappa shape index (κ3) is 2.88. The molecule has 2 aromatic rings. The van der Waals surface area contributed by atoms with Crippen molar-refractivity contribution in [1.29, 1.82) is 0 Å². The summed E-state index contributed by atoms with van der Waals surface area (Å²) in [5.74, 6) is 0.345. The Morgan fingerprint density at radius 2 is 1.76 bits per heavy atom. The fraction of sp³-hybridized carbons (Fsp3) is 0.214. The molecule has 17 heavy (non-hydrogen) atoms. The van der Waals surface area contributed by atoms with Crippen LogP contribution in [0.15, 0.2) is 48.8 Å². The van der Waals surface area contributed by atoms with Gasteiger partial charge in [-0.2, -0.15) is 0 Å². The second kappa shape index (κ2) is 5.65. The van der Waals surface area contributed by atoms with Crippen LogP contribution >= 0.6 is 27.5 Å². The van der Waals surface area contributed by atoms with E-state index in [1.807, 2.05) is 42.7 Å². The Bertz CT molecular complexity index is 487. The first-order valence-corrected chi connectivity index (χ1v) is 6.78. The first-order valence-electron chi connectivity index (χ1n) is 5.48. The highest BCUT2D eigenvalue weighted by atomic mass is 79.9. The molecule has 1 heterocycles. The lowest BCUT2D eigenvalue weighted by Gasteiger charge is -2.20. The number of pyridine rings is 1. The summed E-state index contributed by atoms with van der Waals surface area (Å²) in [5, 5.41) is 0.801. The molecule has 0 saturated heterocycles. The van der Waals surface area contributed by atoms with Crippen LogP contribution in [-0.2, 0) is 0 Å². The van der Waals surface area contributed by atoms with Gasteiger partial charge in [0.15, 0.2) is 0 Å². The van der Waals surface area contributed by atoms with Crippen LogP contribution < -0.4 is 0 Å². The summed E-state index contributed by atoms with van der Waals surface area (Å²) < 4.78 is 0. The Hall–Kier alpha value is -0.860. The topological polar surface area (TPSA) is 12.9 Å². The molecule has 2 atom stereocenters. The van der Waals surface area contributed by atoms with Gasteiger partial charge in [-0.05, 0) is 35.2 Å². The third-order valence-corrected chi connectivity index (χ3v) is 4.50. The van der Waals surface area contributed by atoms with Crippen LogP contribution in [0.2, 0.25) is 5.02 Å². The van der Waals surface area contributed by atoms with Crippen molar-refractivity contribution in [1.82, 2.24) is 4.98 Å². The van der Waals surface area contributed by atoms with Gasteiger partial charge in [-0.15, -0.1) is 0 Å². The van der Waals surface area contributed by atoms with Crippen LogP contribution in [0, 0.1) is 0 Å². The van der Waals surface area contributed by atoms with Gasteiger partial charge in [0.2, 0.25) is 0 Å². The SMILES string of the molecule is CC(c1ccncc1)C(Br)c1ccccc1Cl. The predicted octanol–water partition coefficient (Wildman–Crippen LogP) is 4.97. The van der Waals surface area contributed by atoms with Crippen LogP contribution in [-0.4, -0.2) is 4.98 Å². The van der Waals surface area contributed by atoms with E-state index in [1.165, 1.54) is 5.56 Å². The summed E-state index contributed by atoms with van der Waals surface area (Å²) in [6.45, 7) is 2.18. The molecule has 0 aliphatic carbocycles. The van der Waals surface area contributed by atoms with Gasteiger partial charge in [0.25, 0.3) is 0 Å². The monoisotopic (exact) mass is 309 g/mol. The maximum atomic E-state index is 6.21. The maximum absolute atomic E-state index is 6.21. The first-order chi connectivity index (χ1) is 8.20. The summed E-state index contributed by atoms with van der Waals surface area (Å²) in [6.07, 6.45) is 3.64. The molecule has 0 radical (unpaired) electrons. The molecule has 0 fully saturated rings. The Balaban J connectivity index is 2.27. The lowest BCUT2D eigenvalue weighted by atomic mass is 9.94. The molecule has 88 valence electrons. The van der Waals surface area contributed by atoms with E-state index >= 15 is 0 Å². The highest BCUT2D eigenvalue weighted by molar-refractivity contribution is 9.09. The number of benzene rings is 1. The summed E-state index contributed by atoms with van der Waals surface area (Å²) >= 11 is 9.94. The van der Waals surface area contributed by atoms with E-state index in [9.17, 15) is 0 Å². The van der Waals surface area contributed by atoms with Gasteiger partial charge < -0.3 is 0 Å². The van der Waals surface area contributed by atoms with Crippen molar-refractivity contribution in [3.8, 4) is 0 Å². The lowest BCUT2D eigenvalue weighted by molar-refractivity contribution is 0.750. The van der Waals surface area contributed by atoms with E-state index in [-0.39, 0.29) is 4.83 Å². The van der Waals surface area contributed by atoms with Crippen molar-refractivity contribution in [2.24, 2.45) is 0 Å². The fourth-order valence-electron chi connectivity index (χ4n) is 1.80. The van der Waals surface area contributed by atoms with Crippen molar-refractivity contribution in [3.63, 3.8) is 0 Å². The Morgan fingerprint density at radius 1 is 1.12 bits per heavy atom. The van der Waals surface area contributed by atoms with Crippen LogP contribution in [0.1, 0.15) is 28.8 Å². The van der Waals surface area contributed by atoms with Gasteiger partial charge in [-0.25, -0.2) is 0 Å². The molecular weight excluding hydrogens is 298 g/mol. The lowest BCUT2D eigenvalue weighted by Crippen LogP contribution is -2.02. The molecule has 1 nitrogen and oxygen atoms in total. The smallest absolute Gasteiger partial charge is 0.0475 e. The Kier molecular flexibility index (Phi) is 4.19. The predicted molar refractivity (Wildman–Crippen MR) is 75.8 cm³/mol. The van der Waals surface area contributed by atoms with E-state index in [0.717, 1.165) is 10.6 Å². The normalized spacial score (nSPS) is 14.3. The molecule has 0 bridgehead atoms. The highest BCUT2D eigenvalue weighted by Crippen LogP contribution is 2.40. The van der Waals surface area contributed by atoms with Crippen molar-refractivity contribution in [2.45, 2.75) is 17.7 Å². The van der Waals surface area contributed by atoms with Gasteiger partial charge in [0, 0.05) is 22.2 Å². The molecule has 0 spiro atoms. The second-order valence-corrected chi connectivity index (χ2v) is 5.39. The number of halogens is 2. The summed E-state index contributed by atoms with van der Waals surface area (Å²) in [7, 11) is 0. The van der Waals surface area contributed by atoms with Crippen molar-refractivity contribution < 1.29 is 0 Å². The van der Waals surface area contributed by atoms with Gasteiger partial charge in [0.05, 0.1) is 0 Å². The second-order valence-electron chi connectivity index (χ2n) is 3.99. The standard InChI is InChI=1S/C14H13BrClN/c1-10(11-6-8-17-9-7-11)14(15)12-4-2-3-5-13(12)16/h2-10,14H,1H3. The molecule has 0 aliphatic rings. The van der Waals surface area contributed by atoms with E-state index in [0.29, 0.717) is 5.92 Å². The maximum Gasteiger partial charge on any atom is 0.0475 e. The number of nitrogens with zero attached hydrogens (tertiary/aromatic N) is 1. The molecule has 2 rings (SSSR count). The van der Waals surface area contributed by atoms with E-state index < -0.39 is 0 Å². The zero-order valence-electron chi connectivity index (χ0n) is 9.48. The minimum Gasteiger partial charge on any atom is -0.265 e. The zero-order valence-corrected chi connectivity index (χ0v) is 11.8. The number of aromatic nitrogens is 1. The summed E-state index contributed by atoms with van der Waals surface area (Å²) in [5.41, 5.74) is 2.38. The average Bonchev–Trinajstić information content (AvgIpc) is 2.39. The summed E-state index contributed by atoms with van der Waals surface area (Å²) in [4.78, 5) is 4.24. The summed E-state index contributed by atoms with van der Waals surface area (Å²) in [6, 6.07) is 12.0. The number of hydrogen-bond donors (Lipinski definition) is 0. The third-order valence-electron chi connectivity index (χ3n) is 2.87. The molecule has 1 aromatic heterocycles. The van der Waals surface area contributed by atoms with Crippen molar-refractivity contribution in [3.05, 3.63) is 64.9 Å². The number of rotatable bonds is 3.